The van der Waals surface area contributed by atoms with E-state index in [1.54, 1.807) is 0 Å². The fraction of sp³-hybridized carbons (Fsp3) is 0.357. The first-order valence-electron chi connectivity index (χ1n) is 6.24. The molecule has 1 aliphatic rings. The van der Waals surface area contributed by atoms with Gasteiger partial charge in [-0.1, -0.05) is 6.07 Å². The molecule has 1 fully saturated rings. The molecule has 3 heterocycles. The van der Waals surface area contributed by atoms with Crippen molar-refractivity contribution in [2.45, 2.75) is 19.0 Å². The van der Waals surface area contributed by atoms with Gasteiger partial charge in [-0.3, -0.25) is 4.90 Å². The van der Waals surface area contributed by atoms with Crippen molar-refractivity contribution in [2.24, 2.45) is 5.73 Å². The molecule has 0 saturated carbocycles. The standard InChI is InChI=1S/C14H16N4/c15-7-13-11(8-17-6-4-12(16)10-17)9-18-5-2-1-3-14(13)18/h1-3,5,9,12H,4,6,8,10,16H2/t12-/m1/s1. The molecule has 0 radical (unpaired) electrons. The molecule has 0 unspecified atom stereocenters. The van der Waals surface area contributed by atoms with Crippen LogP contribution >= 0.6 is 0 Å². The summed E-state index contributed by atoms with van der Waals surface area (Å²) in [4.78, 5) is 2.32. The predicted octanol–water partition coefficient (Wildman–Crippen LogP) is 1.34. The highest BCUT2D eigenvalue weighted by atomic mass is 15.2. The van der Waals surface area contributed by atoms with Gasteiger partial charge in [0, 0.05) is 43.6 Å². The smallest absolute Gasteiger partial charge is 0.102 e. The summed E-state index contributed by atoms with van der Waals surface area (Å²) in [6, 6.07) is 8.53. The van der Waals surface area contributed by atoms with Gasteiger partial charge in [-0.2, -0.15) is 5.26 Å². The van der Waals surface area contributed by atoms with Crippen LogP contribution in [0.15, 0.2) is 30.6 Å². The van der Waals surface area contributed by atoms with Crippen molar-refractivity contribution in [3.63, 3.8) is 0 Å². The molecule has 2 aromatic rings. The molecule has 2 N–H and O–H groups in total. The highest BCUT2D eigenvalue weighted by Crippen LogP contribution is 2.21. The van der Waals surface area contributed by atoms with E-state index in [0.717, 1.165) is 42.7 Å². The van der Waals surface area contributed by atoms with Gasteiger partial charge in [0.05, 0.1) is 11.1 Å². The Morgan fingerprint density at radius 3 is 3.06 bits per heavy atom. The van der Waals surface area contributed by atoms with E-state index in [4.69, 9.17) is 5.73 Å². The summed E-state index contributed by atoms with van der Waals surface area (Å²) >= 11 is 0. The Kier molecular flexibility index (Phi) is 2.78. The van der Waals surface area contributed by atoms with Crippen molar-refractivity contribution in [3.8, 4) is 6.07 Å². The van der Waals surface area contributed by atoms with E-state index in [0.29, 0.717) is 0 Å². The second kappa shape index (κ2) is 4.45. The topological polar surface area (TPSA) is 57.5 Å². The van der Waals surface area contributed by atoms with Crippen LogP contribution in [0, 0.1) is 11.3 Å². The van der Waals surface area contributed by atoms with Crippen LogP contribution in [0.5, 0.6) is 0 Å². The van der Waals surface area contributed by atoms with Crippen LogP contribution in [0.4, 0.5) is 0 Å². The van der Waals surface area contributed by atoms with Gasteiger partial charge in [-0.15, -0.1) is 0 Å². The minimum absolute atomic E-state index is 0.285. The third-order valence-electron chi connectivity index (χ3n) is 3.58. The lowest BCUT2D eigenvalue weighted by Gasteiger charge is -2.13. The van der Waals surface area contributed by atoms with Crippen molar-refractivity contribution in [1.82, 2.24) is 9.30 Å². The van der Waals surface area contributed by atoms with Crippen LogP contribution in [0.1, 0.15) is 17.5 Å². The van der Waals surface area contributed by atoms with E-state index >= 15 is 0 Å². The first-order chi connectivity index (χ1) is 8.78. The number of likely N-dealkylation sites (tertiary alicyclic amines) is 1. The second-order valence-corrected chi connectivity index (χ2v) is 4.92. The molecular formula is C14H16N4. The third kappa shape index (κ3) is 1.88. The number of aromatic nitrogens is 1. The molecule has 4 nitrogen and oxygen atoms in total. The van der Waals surface area contributed by atoms with Gasteiger partial charge in [0.2, 0.25) is 0 Å². The molecule has 2 aromatic heterocycles. The largest absolute Gasteiger partial charge is 0.326 e. The maximum absolute atomic E-state index is 9.32. The molecule has 3 rings (SSSR count). The minimum Gasteiger partial charge on any atom is -0.326 e. The Bertz CT molecular complexity index is 608. The molecule has 1 atom stereocenters. The molecule has 1 saturated heterocycles. The number of nitriles is 1. The van der Waals surface area contributed by atoms with Gasteiger partial charge in [0.15, 0.2) is 0 Å². The Balaban J connectivity index is 1.94. The third-order valence-corrected chi connectivity index (χ3v) is 3.58. The van der Waals surface area contributed by atoms with E-state index < -0.39 is 0 Å². The van der Waals surface area contributed by atoms with Crippen LogP contribution in [-0.2, 0) is 6.54 Å². The molecule has 1 aliphatic heterocycles. The Morgan fingerprint density at radius 1 is 1.44 bits per heavy atom. The zero-order valence-corrected chi connectivity index (χ0v) is 10.2. The monoisotopic (exact) mass is 240 g/mol. The van der Waals surface area contributed by atoms with Gasteiger partial charge in [0.25, 0.3) is 0 Å². The molecule has 0 aliphatic carbocycles. The fourth-order valence-electron chi connectivity index (χ4n) is 2.67. The molecule has 0 bridgehead atoms. The molecule has 0 spiro atoms. The zero-order valence-electron chi connectivity index (χ0n) is 10.2. The molecular weight excluding hydrogens is 224 g/mol. The summed E-state index contributed by atoms with van der Waals surface area (Å²) < 4.78 is 2.02. The van der Waals surface area contributed by atoms with Crippen LogP contribution in [0.2, 0.25) is 0 Å². The normalized spacial score (nSPS) is 20.3. The molecule has 18 heavy (non-hydrogen) atoms. The van der Waals surface area contributed by atoms with E-state index in [1.165, 1.54) is 0 Å². The number of nitrogens with two attached hydrogens (primary N) is 1. The molecule has 0 amide bonds. The lowest BCUT2D eigenvalue weighted by molar-refractivity contribution is 0.327. The lowest BCUT2D eigenvalue weighted by Crippen LogP contribution is -2.26. The zero-order chi connectivity index (χ0) is 12.5. The number of hydrogen-bond donors (Lipinski definition) is 1. The van der Waals surface area contributed by atoms with Crippen molar-refractivity contribution < 1.29 is 0 Å². The fourth-order valence-corrected chi connectivity index (χ4v) is 2.67. The van der Waals surface area contributed by atoms with E-state index in [9.17, 15) is 5.26 Å². The van der Waals surface area contributed by atoms with Gasteiger partial charge in [0.1, 0.15) is 6.07 Å². The number of hydrogen-bond acceptors (Lipinski definition) is 3. The van der Waals surface area contributed by atoms with Crippen molar-refractivity contribution >= 4 is 5.52 Å². The first kappa shape index (κ1) is 11.3. The van der Waals surface area contributed by atoms with Crippen molar-refractivity contribution in [3.05, 3.63) is 41.7 Å². The predicted molar refractivity (Wildman–Crippen MR) is 70.0 cm³/mol. The summed E-state index contributed by atoms with van der Waals surface area (Å²) in [5.41, 5.74) is 8.78. The van der Waals surface area contributed by atoms with E-state index in [2.05, 4.69) is 17.2 Å². The number of nitrogens with zero attached hydrogens (tertiary/aromatic N) is 3. The van der Waals surface area contributed by atoms with E-state index in [1.807, 2.05) is 28.8 Å². The summed E-state index contributed by atoms with van der Waals surface area (Å²) in [5, 5.41) is 9.32. The SMILES string of the molecule is N#Cc1c(CN2CC[C@@H](N)C2)cn2ccccc12. The highest BCUT2D eigenvalue weighted by Gasteiger charge is 2.21. The maximum Gasteiger partial charge on any atom is 0.102 e. The number of fused-ring (bicyclic) bond motifs is 1. The van der Waals surface area contributed by atoms with Gasteiger partial charge in [-0.05, 0) is 18.6 Å². The minimum atomic E-state index is 0.285. The van der Waals surface area contributed by atoms with Crippen molar-refractivity contribution in [2.75, 3.05) is 13.1 Å². The van der Waals surface area contributed by atoms with Gasteiger partial charge < -0.3 is 10.1 Å². The highest BCUT2D eigenvalue weighted by molar-refractivity contribution is 5.65. The molecule has 4 heteroatoms. The van der Waals surface area contributed by atoms with Gasteiger partial charge >= 0.3 is 0 Å². The van der Waals surface area contributed by atoms with Crippen molar-refractivity contribution in [1.29, 1.82) is 5.26 Å². The summed E-state index contributed by atoms with van der Waals surface area (Å²) in [6.45, 7) is 2.77. The lowest BCUT2D eigenvalue weighted by atomic mass is 10.1. The number of rotatable bonds is 2. The molecule has 92 valence electrons. The summed E-state index contributed by atoms with van der Waals surface area (Å²) in [5.74, 6) is 0. The van der Waals surface area contributed by atoms with Crippen LogP contribution < -0.4 is 5.73 Å². The maximum atomic E-state index is 9.32. The Morgan fingerprint density at radius 2 is 2.33 bits per heavy atom. The van der Waals surface area contributed by atoms with Gasteiger partial charge in [-0.25, -0.2) is 0 Å². The van der Waals surface area contributed by atoms with Crippen LogP contribution in [-0.4, -0.2) is 28.4 Å². The number of pyridine rings is 1. The second-order valence-electron chi connectivity index (χ2n) is 4.92. The van der Waals surface area contributed by atoms with Crippen LogP contribution in [0.3, 0.4) is 0 Å². The first-order valence-corrected chi connectivity index (χ1v) is 6.24. The van der Waals surface area contributed by atoms with E-state index in [-0.39, 0.29) is 6.04 Å². The Labute approximate surface area is 106 Å². The molecule has 0 aromatic carbocycles. The van der Waals surface area contributed by atoms with Crippen LogP contribution in [0.25, 0.3) is 5.52 Å². The average Bonchev–Trinajstić information content (AvgIpc) is 2.92. The summed E-state index contributed by atoms with van der Waals surface area (Å²) in [7, 11) is 0. The Hall–Kier alpha value is -1.83. The summed E-state index contributed by atoms with van der Waals surface area (Å²) in [6.07, 6.45) is 5.09. The quantitative estimate of drug-likeness (QED) is 0.862. The average molecular weight is 240 g/mol.